The lowest BCUT2D eigenvalue weighted by molar-refractivity contribution is 0.0948. The fourth-order valence-corrected chi connectivity index (χ4v) is 2.51. The molecule has 0 saturated heterocycles. The Balaban J connectivity index is 2.00. The van der Waals surface area contributed by atoms with Crippen molar-refractivity contribution in [3.8, 4) is 5.75 Å². The van der Waals surface area contributed by atoms with Gasteiger partial charge in [-0.1, -0.05) is 46.3 Å². The average molecular weight is 377 g/mol. The monoisotopic (exact) mass is 376 g/mol. The maximum Gasteiger partial charge on any atom is 0.255 e. The maximum absolute atomic E-state index is 12.3. The Morgan fingerprint density at radius 3 is 2.61 bits per heavy atom. The molecule has 0 aromatic heterocycles. The molecule has 0 atom stereocenters. The van der Waals surface area contributed by atoms with E-state index in [4.69, 9.17) is 4.74 Å². The smallest absolute Gasteiger partial charge is 0.255 e. The lowest BCUT2D eigenvalue weighted by Gasteiger charge is -2.12. The van der Waals surface area contributed by atoms with Crippen LogP contribution in [0.5, 0.6) is 5.75 Å². The fourth-order valence-electron chi connectivity index (χ4n) is 2.11. The maximum atomic E-state index is 12.3. The van der Waals surface area contributed by atoms with E-state index in [2.05, 4.69) is 26.6 Å². The van der Waals surface area contributed by atoms with Crippen LogP contribution in [0.1, 0.15) is 22.3 Å². The number of nitrogens with one attached hydrogen (secondary N) is 2. The number of amides is 1. The van der Waals surface area contributed by atoms with E-state index >= 15 is 0 Å². The molecule has 0 fully saturated rings. The van der Waals surface area contributed by atoms with Gasteiger partial charge in [-0.2, -0.15) is 0 Å². The molecule has 0 radical (unpaired) electrons. The molecular formula is C18H21BrN2O2. The Morgan fingerprint density at radius 2 is 1.83 bits per heavy atom. The Labute approximate surface area is 145 Å². The molecule has 2 aromatic rings. The van der Waals surface area contributed by atoms with Gasteiger partial charge in [0, 0.05) is 16.6 Å². The molecule has 2 aromatic carbocycles. The van der Waals surface area contributed by atoms with E-state index in [0.717, 1.165) is 23.0 Å². The van der Waals surface area contributed by atoms with E-state index in [-0.39, 0.29) is 5.91 Å². The van der Waals surface area contributed by atoms with Gasteiger partial charge in [0.15, 0.2) is 0 Å². The third-order valence-electron chi connectivity index (χ3n) is 3.36. The molecule has 4 nitrogen and oxygen atoms in total. The zero-order valence-electron chi connectivity index (χ0n) is 13.1. The van der Waals surface area contributed by atoms with Gasteiger partial charge in [-0.05, 0) is 38.2 Å². The van der Waals surface area contributed by atoms with Gasteiger partial charge in [0.1, 0.15) is 12.4 Å². The zero-order valence-corrected chi connectivity index (χ0v) is 14.7. The Morgan fingerprint density at radius 1 is 1.09 bits per heavy atom. The van der Waals surface area contributed by atoms with E-state index in [0.29, 0.717) is 24.5 Å². The van der Waals surface area contributed by atoms with Crippen molar-refractivity contribution in [1.82, 2.24) is 10.6 Å². The van der Waals surface area contributed by atoms with Crippen LogP contribution in [0, 0.1) is 0 Å². The number of para-hydroxylation sites is 1. The Hall–Kier alpha value is -1.85. The quantitative estimate of drug-likeness (QED) is 0.694. The Kier molecular flexibility index (Phi) is 7.10. The summed E-state index contributed by atoms with van der Waals surface area (Å²) in [5.41, 5.74) is 1.60. The normalized spacial score (nSPS) is 10.3. The van der Waals surface area contributed by atoms with Gasteiger partial charge in [-0.3, -0.25) is 4.79 Å². The number of ether oxygens (including phenoxy) is 1. The molecule has 5 heteroatoms. The molecule has 23 heavy (non-hydrogen) atoms. The summed E-state index contributed by atoms with van der Waals surface area (Å²) >= 11 is 3.50. The van der Waals surface area contributed by atoms with Crippen molar-refractivity contribution in [1.29, 1.82) is 0 Å². The first-order chi connectivity index (χ1) is 11.2. The largest absolute Gasteiger partial charge is 0.488 e. The second-order valence-electron chi connectivity index (χ2n) is 5.09. The molecule has 0 heterocycles. The highest BCUT2D eigenvalue weighted by Gasteiger charge is 2.12. The zero-order chi connectivity index (χ0) is 16.5. The number of hydrogen-bond donors (Lipinski definition) is 2. The first-order valence-corrected chi connectivity index (χ1v) is 8.39. The molecule has 122 valence electrons. The first kappa shape index (κ1) is 17.5. The molecule has 0 spiro atoms. The summed E-state index contributed by atoms with van der Waals surface area (Å²) in [6.45, 7) is 1.92. The number of rotatable bonds is 8. The van der Waals surface area contributed by atoms with Crippen molar-refractivity contribution in [2.45, 2.75) is 13.0 Å². The number of halogens is 1. The van der Waals surface area contributed by atoms with Gasteiger partial charge in [-0.25, -0.2) is 0 Å². The second-order valence-corrected chi connectivity index (χ2v) is 5.94. The van der Waals surface area contributed by atoms with Gasteiger partial charge in [0.25, 0.3) is 5.91 Å². The number of carbonyl (C=O) groups excluding carboxylic acids is 1. The number of carbonyl (C=O) groups is 1. The van der Waals surface area contributed by atoms with Crippen LogP contribution in [0.15, 0.2) is 53.0 Å². The van der Waals surface area contributed by atoms with Crippen molar-refractivity contribution in [3.63, 3.8) is 0 Å². The van der Waals surface area contributed by atoms with Crippen molar-refractivity contribution in [3.05, 3.63) is 64.1 Å². The van der Waals surface area contributed by atoms with Crippen LogP contribution < -0.4 is 15.4 Å². The standard InChI is InChI=1S/C18H21BrN2O2/c1-20-11-6-12-21-18(22)15-8-3-5-10-17(15)23-13-14-7-2-4-9-16(14)19/h2-5,7-10,20H,6,11-13H2,1H3,(H,21,22). The molecule has 1 amide bonds. The van der Waals surface area contributed by atoms with Gasteiger partial charge in [0.05, 0.1) is 5.56 Å². The minimum atomic E-state index is -0.108. The first-order valence-electron chi connectivity index (χ1n) is 7.60. The molecule has 0 aliphatic rings. The van der Waals surface area contributed by atoms with Crippen LogP contribution >= 0.6 is 15.9 Å². The predicted molar refractivity (Wildman–Crippen MR) is 95.8 cm³/mol. The highest BCUT2D eigenvalue weighted by molar-refractivity contribution is 9.10. The van der Waals surface area contributed by atoms with Crippen molar-refractivity contribution in [2.75, 3.05) is 20.1 Å². The molecule has 0 unspecified atom stereocenters. The third-order valence-corrected chi connectivity index (χ3v) is 4.14. The SMILES string of the molecule is CNCCCNC(=O)c1ccccc1OCc1ccccc1Br. The molecule has 0 aliphatic carbocycles. The molecule has 2 N–H and O–H groups in total. The van der Waals surface area contributed by atoms with Crippen LogP contribution in [-0.4, -0.2) is 26.0 Å². The van der Waals surface area contributed by atoms with E-state index in [1.165, 1.54) is 0 Å². The minimum Gasteiger partial charge on any atom is -0.488 e. The molecule has 0 bridgehead atoms. The third kappa shape index (κ3) is 5.37. The van der Waals surface area contributed by atoms with Crippen LogP contribution in [0.25, 0.3) is 0 Å². The topological polar surface area (TPSA) is 50.4 Å². The van der Waals surface area contributed by atoms with Gasteiger partial charge in [0.2, 0.25) is 0 Å². The number of hydrogen-bond acceptors (Lipinski definition) is 3. The summed E-state index contributed by atoms with van der Waals surface area (Å²) in [6.07, 6.45) is 0.891. The van der Waals surface area contributed by atoms with E-state index in [1.54, 1.807) is 6.07 Å². The highest BCUT2D eigenvalue weighted by Crippen LogP contribution is 2.22. The van der Waals surface area contributed by atoms with Gasteiger partial charge < -0.3 is 15.4 Å². The van der Waals surface area contributed by atoms with E-state index in [1.807, 2.05) is 49.5 Å². The minimum absolute atomic E-state index is 0.108. The predicted octanol–water partition coefficient (Wildman–Crippen LogP) is 3.37. The fraction of sp³-hybridized carbons (Fsp3) is 0.278. The number of benzene rings is 2. The van der Waals surface area contributed by atoms with Crippen molar-refractivity contribution in [2.24, 2.45) is 0 Å². The van der Waals surface area contributed by atoms with Crippen LogP contribution in [-0.2, 0) is 6.61 Å². The average Bonchev–Trinajstić information content (AvgIpc) is 2.58. The summed E-state index contributed by atoms with van der Waals surface area (Å²) in [5.74, 6) is 0.484. The summed E-state index contributed by atoms with van der Waals surface area (Å²) in [6, 6.07) is 15.2. The molecule has 2 rings (SSSR count). The summed E-state index contributed by atoms with van der Waals surface area (Å²) in [7, 11) is 1.90. The van der Waals surface area contributed by atoms with Gasteiger partial charge in [-0.15, -0.1) is 0 Å². The second kappa shape index (κ2) is 9.33. The highest BCUT2D eigenvalue weighted by atomic mass is 79.9. The lowest BCUT2D eigenvalue weighted by atomic mass is 10.2. The van der Waals surface area contributed by atoms with Crippen LogP contribution in [0.2, 0.25) is 0 Å². The Bertz CT molecular complexity index is 646. The van der Waals surface area contributed by atoms with Crippen molar-refractivity contribution >= 4 is 21.8 Å². The van der Waals surface area contributed by atoms with Crippen LogP contribution in [0.3, 0.4) is 0 Å². The van der Waals surface area contributed by atoms with Crippen molar-refractivity contribution < 1.29 is 9.53 Å². The molecule has 0 saturated carbocycles. The van der Waals surface area contributed by atoms with E-state index < -0.39 is 0 Å². The van der Waals surface area contributed by atoms with Gasteiger partial charge >= 0.3 is 0 Å². The summed E-state index contributed by atoms with van der Waals surface area (Å²) < 4.78 is 6.84. The summed E-state index contributed by atoms with van der Waals surface area (Å²) in [5, 5.41) is 5.97. The van der Waals surface area contributed by atoms with Crippen LogP contribution in [0.4, 0.5) is 0 Å². The molecular weight excluding hydrogens is 356 g/mol. The van der Waals surface area contributed by atoms with E-state index in [9.17, 15) is 4.79 Å². The lowest BCUT2D eigenvalue weighted by Crippen LogP contribution is -2.27. The molecule has 0 aliphatic heterocycles. The summed E-state index contributed by atoms with van der Waals surface area (Å²) in [4.78, 5) is 12.3.